The summed E-state index contributed by atoms with van der Waals surface area (Å²) in [6.07, 6.45) is 0.946. The van der Waals surface area contributed by atoms with E-state index in [1.54, 1.807) is 12.1 Å². The fraction of sp³-hybridized carbons (Fsp3) is 0.250. The Kier molecular flexibility index (Phi) is 2.83. The first kappa shape index (κ1) is 11.9. The van der Waals surface area contributed by atoms with Gasteiger partial charge >= 0.3 is 0 Å². The van der Waals surface area contributed by atoms with Crippen LogP contribution in [-0.4, -0.2) is 27.8 Å². The molecule has 1 aliphatic rings. The third kappa shape index (κ3) is 2.37. The number of carbonyl (C=O) groups is 2. The summed E-state index contributed by atoms with van der Waals surface area (Å²) in [5, 5.41) is 5.42. The van der Waals surface area contributed by atoms with Crippen molar-refractivity contribution in [3.8, 4) is 0 Å². The number of imidazole rings is 1. The number of benzene rings is 1. The molecule has 0 unspecified atom stereocenters. The lowest BCUT2D eigenvalue weighted by Crippen LogP contribution is -2.37. The normalized spacial score (nSPS) is 18.5. The molecule has 2 amide bonds. The molecule has 1 aliphatic heterocycles. The second-order valence-corrected chi connectivity index (χ2v) is 4.90. The van der Waals surface area contributed by atoms with Crippen molar-refractivity contribution in [1.29, 1.82) is 0 Å². The fourth-order valence-electron chi connectivity index (χ4n) is 2.15. The molecule has 1 saturated heterocycles. The van der Waals surface area contributed by atoms with Crippen LogP contribution in [0.15, 0.2) is 18.2 Å². The van der Waals surface area contributed by atoms with Gasteiger partial charge in [0.05, 0.1) is 11.0 Å². The van der Waals surface area contributed by atoms with Crippen LogP contribution in [0.5, 0.6) is 0 Å². The van der Waals surface area contributed by atoms with Crippen LogP contribution in [0.25, 0.3) is 11.0 Å². The van der Waals surface area contributed by atoms with E-state index in [1.807, 2.05) is 6.07 Å². The number of fused-ring (bicyclic) bond motifs is 1. The van der Waals surface area contributed by atoms with E-state index in [4.69, 9.17) is 12.2 Å². The zero-order valence-electron chi connectivity index (χ0n) is 9.95. The molecular formula is C12H12N4O2S. The highest BCUT2D eigenvalue weighted by atomic mass is 32.1. The van der Waals surface area contributed by atoms with E-state index in [9.17, 15) is 9.59 Å². The van der Waals surface area contributed by atoms with Crippen LogP contribution in [-0.2, 0) is 9.59 Å². The van der Waals surface area contributed by atoms with Crippen molar-refractivity contribution >= 4 is 40.8 Å². The predicted molar refractivity (Wildman–Crippen MR) is 73.3 cm³/mol. The van der Waals surface area contributed by atoms with E-state index in [0.717, 1.165) is 11.0 Å². The summed E-state index contributed by atoms with van der Waals surface area (Å²) in [5.74, 6) is -0.273. The number of amides is 2. The summed E-state index contributed by atoms with van der Waals surface area (Å²) in [5.41, 5.74) is 2.39. The van der Waals surface area contributed by atoms with Gasteiger partial charge in [0.2, 0.25) is 11.8 Å². The van der Waals surface area contributed by atoms with Crippen LogP contribution in [0.3, 0.4) is 0 Å². The van der Waals surface area contributed by atoms with Crippen LogP contribution in [0, 0.1) is 4.77 Å². The topological polar surface area (TPSA) is 89.8 Å². The molecule has 1 fully saturated rings. The summed E-state index contributed by atoms with van der Waals surface area (Å²) in [4.78, 5) is 29.0. The standard InChI is InChI=1S/C12H12N4O2S/c17-10-4-3-8(14-10)11(18)13-6-1-2-7-9(5-6)16-12(19)15-7/h1-2,5,8H,3-4H2,(H,13,18)(H,14,17)(H2,15,16,19)/t8-/m1/s1. The summed E-state index contributed by atoms with van der Waals surface area (Å²) in [7, 11) is 0. The first-order valence-electron chi connectivity index (χ1n) is 5.94. The van der Waals surface area contributed by atoms with Gasteiger partial charge < -0.3 is 20.6 Å². The summed E-state index contributed by atoms with van der Waals surface area (Å²) in [6, 6.07) is 4.99. The first-order chi connectivity index (χ1) is 9.11. The molecule has 7 heteroatoms. The second-order valence-electron chi connectivity index (χ2n) is 4.49. The molecule has 1 atom stereocenters. The number of hydrogen-bond donors (Lipinski definition) is 4. The lowest BCUT2D eigenvalue weighted by Gasteiger charge is -2.10. The van der Waals surface area contributed by atoms with Crippen LogP contribution < -0.4 is 10.6 Å². The Bertz CT molecular complexity index is 718. The Morgan fingerprint density at radius 1 is 1.32 bits per heavy atom. The Balaban J connectivity index is 1.79. The largest absolute Gasteiger partial charge is 0.344 e. The molecule has 0 bridgehead atoms. The molecule has 0 saturated carbocycles. The first-order valence-corrected chi connectivity index (χ1v) is 6.35. The van der Waals surface area contributed by atoms with Crippen LogP contribution in [0.1, 0.15) is 12.8 Å². The third-order valence-electron chi connectivity index (χ3n) is 3.10. The summed E-state index contributed by atoms with van der Waals surface area (Å²) >= 11 is 5.00. The van der Waals surface area contributed by atoms with Crippen molar-refractivity contribution in [3.63, 3.8) is 0 Å². The molecule has 2 heterocycles. The van der Waals surface area contributed by atoms with Crippen molar-refractivity contribution in [2.45, 2.75) is 18.9 Å². The molecule has 98 valence electrons. The van der Waals surface area contributed by atoms with Gasteiger partial charge in [-0.05, 0) is 36.8 Å². The number of carbonyl (C=O) groups excluding carboxylic acids is 2. The minimum Gasteiger partial charge on any atom is -0.344 e. The van der Waals surface area contributed by atoms with Crippen LogP contribution in [0.2, 0.25) is 0 Å². The zero-order valence-corrected chi connectivity index (χ0v) is 10.8. The molecule has 0 spiro atoms. The predicted octanol–water partition coefficient (Wildman–Crippen LogP) is 1.44. The number of hydrogen-bond acceptors (Lipinski definition) is 3. The third-order valence-corrected chi connectivity index (χ3v) is 3.30. The van der Waals surface area contributed by atoms with Gasteiger partial charge in [-0.15, -0.1) is 0 Å². The minimum absolute atomic E-state index is 0.0784. The van der Waals surface area contributed by atoms with Gasteiger partial charge in [0.15, 0.2) is 4.77 Å². The zero-order chi connectivity index (χ0) is 13.4. The molecule has 0 radical (unpaired) electrons. The van der Waals surface area contributed by atoms with Gasteiger partial charge in [0.25, 0.3) is 0 Å². The van der Waals surface area contributed by atoms with E-state index in [-0.39, 0.29) is 11.8 Å². The lowest BCUT2D eigenvalue weighted by molar-refractivity contribution is -0.122. The van der Waals surface area contributed by atoms with Crippen LogP contribution >= 0.6 is 12.2 Å². The van der Waals surface area contributed by atoms with Gasteiger partial charge in [-0.2, -0.15) is 0 Å². The Morgan fingerprint density at radius 3 is 2.84 bits per heavy atom. The quantitative estimate of drug-likeness (QED) is 0.626. The van der Waals surface area contributed by atoms with Gasteiger partial charge in [0, 0.05) is 12.1 Å². The maximum atomic E-state index is 11.9. The lowest BCUT2D eigenvalue weighted by atomic mass is 10.2. The second kappa shape index (κ2) is 4.51. The van der Waals surface area contributed by atoms with E-state index in [1.165, 1.54) is 0 Å². The van der Waals surface area contributed by atoms with Crippen molar-refractivity contribution in [1.82, 2.24) is 15.3 Å². The van der Waals surface area contributed by atoms with E-state index >= 15 is 0 Å². The van der Waals surface area contributed by atoms with Gasteiger partial charge in [-0.1, -0.05) is 0 Å². The molecule has 2 aromatic rings. The number of aromatic nitrogens is 2. The van der Waals surface area contributed by atoms with Gasteiger partial charge in [-0.25, -0.2) is 0 Å². The molecule has 19 heavy (non-hydrogen) atoms. The van der Waals surface area contributed by atoms with Gasteiger partial charge in [0.1, 0.15) is 6.04 Å². The average Bonchev–Trinajstić information content (AvgIpc) is 2.93. The molecular weight excluding hydrogens is 264 g/mol. The fourth-order valence-corrected chi connectivity index (χ4v) is 2.37. The highest BCUT2D eigenvalue weighted by Gasteiger charge is 2.27. The van der Waals surface area contributed by atoms with Crippen molar-refractivity contribution in [2.75, 3.05) is 5.32 Å². The number of nitrogens with one attached hydrogen (secondary N) is 4. The van der Waals surface area contributed by atoms with E-state index < -0.39 is 6.04 Å². The molecule has 0 aliphatic carbocycles. The van der Waals surface area contributed by atoms with E-state index in [0.29, 0.717) is 23.3 Å². The summed E-state index contributed by atoms with van der Waals surface area (Å²) in [6.45, 7) is 0. The number of H-pyrrole nitrogens is 2. The Hall–Kier alpha value is -2.15. The SMILES string of the molecule is O=C1CC[C@H](C(=O)Nc2ccc3[nH]c(=S)[nH]c3c2)N1. The minimum atomic E-state index is -0.437. The smallest absolute Gasteiger partial charge is 0.246 e. The number of anilines is 1. The number of aromatic amines is 2. The van der Waals surface area contributed by atoms with Crippen molar-refractivity contribution < 1.29 is 9.59 Å². The molecule has 6 nitrogen and oxygen atoms in total. The molecule has 4 N–H and O–H groups in total. The maximum Gasteiger partial charge on any atom is 0.246 e. The van der Waals surface area contributed by atoms with Crippen molar-refractivity contribution in [2.24, 2.45) is 0 Å². The Labute approximate surface area is 113 Å². The van der Waals surface area contributed by atoms with Crippen LogP contribution in [0.4, 0.5) is 5.69 Å². The van der Waals surface area contributed by atoms with E-state index in [2.05, 4.69) is 20.6 Å². The van der Waals surface area contributed by atoms with Crippen molar-refractivity contribution in [3.05, 3.63) is 23.0 Å². The molecule has 3 rings (SSSR count). The van der Waals surface area contributed by atoms with Gasteiger partial charge in [-0.3, -0.25) is 9.59 Å². The highest BCUT2D eigenvalue weighted by molar-refractivity contribution is 7.71. The number of rotatable bonds is 2. The average molecular weight is 276 g/mol. The summed E-state index contributed by atoms with van der Waals surface area (Å²) < 4.78 is 0.543. The Morgan fingerprint density at radius 2 is 2.11 bits per heavy atom. The monoisotopic (exact) mass is 276 g/mol. The highest BCUT2D eigenvalue weighted by Crippen LogP contribution is 2.17. The molecule has 1 aromatic carbocycles. The maximum absolute atomic E-state index is 11.9. The molecule has 1 aromatic heterocycles.